The molecule has 0 radical (unpaired) electrons. The quantitative estimate of drug-likeness (QED) is 0.905. The van der Waals surface area contributed by atoms with Crippen molar-refractivity contribution in [2.45, 2.75) is 33.7 Å². The second-order valence-corrected chi connectivity index (χ2v) is 5.76. The van der Waals surface area contributed by atoms with E-state index in [4.69, 9.17) is 0 Å². The number of aryl methyl sites for hydroxylation is 2. The van der Waals surface area contributed by atoms with E-state index in [0.29, 0.717) is 5.56 Å². The second-order valence-electron chi connectivity index (χ2n) is 4.73. The fraction of sp³-hybridized carbons (Fsp3) is 0.400. The molecule has 0 amide bonds. The summed E-state index contributed by atoms with van der Waals surface area (Å²) < 4.78 is 14.0. The van der Waals surface area contributed by atoms with Gasteiger partial charge in [-0.15, -0.1) is 11.3 Å². The largest absolute Gasteiger partial charge is 0.310 e. The van der Waals surface area contributed by atoms with Gasteiger partial charge in [-0.2, -0.15) is 0 Å². The van der Waals surface area contributed by atoms with E-state index >= 15 is 0 Å². The first kappa shape index (κ1) is 14.2. The molecule has 1 atom stereocenters. The van der Waals surface area contributed by atoms with E-state index in [1.54, 1.807) is 17.4 Å². The van der Waals surface area contributed by atoms with E-state index in [-0.39, 0.29) is 11.9 Å². The third-order valence-electron chi connectivity index (χ3n) is 3.09. The van der Waals surface area contributed by atoms with Crippen LogP contribution in [0.25, 0.3) is 10.6 Å². The molecule has 4 heteroatoms. The average molecular weight is 278 g/mol. The van der Waals surface area contributed by atoms with Gasteiger partial charge in [0.05, 0.1) is 5.69 Å². The molecule has 0 saturated heterocycles. The van der Waals surface area contributed by atoms with Crippen molar-refractivity contribution in [1.82, 2.24) is 10.3 Å². The Balaban J connectivity index is 2.39. The van der Waals surface area contributed by atoms with Crippen LogP contribution in [0.4, 0.5) is 4.39 Å². The summed E-state index contributed by atoms with van der Waals surface area (Å²) in [6, 6.07) is 5.54. The maximum absolute atomic E-state index is 14.0. The van der Waals surface area contributed by atoms with Gasteiger partial charge in [0.1, 0.15) is 10.8 Å². The lowest BCUT2D eigenvalue weighted by Gasteiger charge is -2.09. The van der Waals surface area contributed by atoms with Crippen molar-refractivity contribution in [3.05, 3.63) is 40.2 Å². The molecule has 0 aliphatic carbocycles. The van der Waals surface area contributed by atoms with Crippen LogP contribution in [0.1, 0.15) is 36.0 Å². The monoisotopic (exact) mass is 278 g/mol. The first-order chi connectivity index (χ1) is 9.02. The number of thiazole rings is 1. The van der Waals surface area contributed by atoms with Gasteiger partial charge in [0, 0.05) is 16.5 Å². The number of hydrogen-bond donors (Lipinski definition) is 1. The first-order valence-corrected chi connectivity index (χ1v) is 7.31. The minimum absolute atomic E-state index is 0.198. The number of benzene rings is 1. The third-order valence-corrected chi connectivity index (χ3v) is 4.46. The number of nitrogens with one attached hydrogen (secondary N) is 1. The third kappa shape index (κ3) is 3.01. The topological polar surface area (TPSA) is 24.9 Å². The van der Waals surface area contributed by atoms with Crippen LogP contribution >= 0.6 is 11.3 Å². The number of hydrogen-bond acceptors (Lipinski definition) is 3. The smallest absolute Gasteiger partial charge is 0.133 e. The van der Waals surface area contributed by atoms with E-state index in [1.807, 2.05) is 26.0 Å². The Morgan fingerprint density at radius 3 is 2.74 bits per heavy atom. The Morgan fingerprint density at radius 2 is 2.11 bits per heavy atom. The summed E-state index contributed by atoms with van der Waals surface area (Å²) in [7, 11) is 0. The molecule has 1 aromatic carbocycles. The number of nitrogens with zero attached hydrogens (tertiary/aromatic N) is 1. The number of rotatable bonds is 4. The van der Waals surface area contributed by atoms with Gasteiger partial charge < -0.3 is 5.32 Å². The van der Waals surface area contributed by atoms with E-state index in [1.165, 1.54) is 4.88 Å². The van der Waals surface area contributed by atoms with Gasteiger partial charge in [-0.3, -0.25) is 0 Å². The molecular weight excluding hydrogens is 259 g/mol. The van der Waals surface area contributed by atoms with Gasteiger partial charge in [-0.25, -0.2) is 9.37 Å². The van der Waals surface area contributed by atoms with Gasteiger partial charge in [-0.1, -0.05) is 13.0 Å². The predicted octanol–water partition coefficient (Wildman–Crippen LogP) is 4.24. The zero-order valence-corrected chi connectivity index (χ0v) is 12.6. The van der Waals surface area contributed by atoms with Crippen molar-refractivity contribution in [3.8, 4) is 10.6 Å². The Kier molecular flexibility index (Phi) is 4.32. The van der Waals surface area contributed by atoms with E-state index in [0.717, 1.165) is 22.8 Å². The van der Waals surface area contributed by atoms with Crippen LogP contribution in [0.5, 0.6) is 0 Å². The highest BCUT2D eigenvalue weighted by atomic mass is 32.1. The highest BCUT2D eigenvalue weighted by Gasteiger charge is 2.16. The minimum Gasteiger partial charge on any atom is -0.310 e. The molecular formula is C15H19FN2S. The van der Waals surface area contributed by atoms with Crippen LogP contribution in [-0.2, 0) is 0 Å². The van der Waals surface area contributed by atoms with Gasteiger partial charge in [0.2, 0.25) is 0 Å². The highest BCUT2D eigenvalue weighted by molar-refractivity contribution is 7.15. The molecule has 0 saturated carbocycles. The zero-order chi connectivity index (χ0) is 14.0. The van der Waals surface area contributed by atoms with Gasteiger partial charge in [-0.05, 0) is 45.0 Å². The fourth-order valence-electron chi connectivity index (χ4n) is 2.12. The normalized spacial score (nSPS) is 12.7. The predicted molar refractivity (Wildman–Crippen MR) is 79.1 cm³/mol. The van der Waals surface area contributed by atoms with Gasteiger partial charge in [0.25, 0.3) is 0 Å². The summed E-state index contributed by atoms with van der Waals surface area (Å²) in [4.78, 5) is 5.69. The molecule has 19 heavy (non-hydrogen) atoms. The van der Waals surface area contributed by atoms with E-state index in [9.17, 15) is 4.39 Å². The molecule has 1 N–H and O–H groups in total. The number of aromatic nitrogens is 1. The van der Waals surface area contributed by atoms with Crippen molar-refractivity contribution >= 4 is 11.3 Å². The molecule has 0 aliphatic heterocycles. The fourth-order valence-corrected chi connectivity index (χ4v) is 3.24. The van der Waals surface area contributed by atoms with Crippen LogP contribution < -0.4 is 5.32 Å². The average Bonchev–Trinajstić information content (AvgIpc) is 2.71. The van der Waals surface area contributed by atoms with Crippen molar-refractivity contribution in [1.29, 1.82) is 0 Å². The standard InChI is InChI=1S/C15H19FN2S/c1-5-17-10(3)14-11(4)18-15(19-14)12-7-6-9(2)8-13(12)16/h6-8,10,17H,5H2,1-4H3. The van der Waals surface area contributed by atoms with Gasteiger partial charge in [0.15, 0.2) is 0 Å². The van der Waals surface area contributed by atoms with Crippen LogP contribution in [0.15, 0.2) is 18.2 Å². The molecule has 0 spiro atoms. The molecule has 2 rings (SSSR count). The van der Waals surface area contributed by atoms with Crippen molar-refractivity contribution in [2.24, 2.45) is 0 Å². The Morgan fingerprint density at radius 1 is 1.37 bits per heavy atom. The Hall–Kier alpha value is -1.26. The van der Waals surface area contributed by atoms with Gasteiger partial charge >= 0.3 is 0 Å². The number of halogens is 1. The molecule has 1 aromatic heterocycles. The molecule has 1 unspecified atom stereocenters. The summed E-state index contributed by atoms with van der Waals surface area (Å²) in [5.74, 6) is -0.198. The SMILES string of the molecule is CCNC(C)c1sc(-c2ccc(C)cc2F)nc1C. The van der Waals surface area contributed by atoms with E-state index < -0.39 is 0 Å². The Bertz CT molecular complexity index is 578. The first-order valence-electron chi connectivity index (χ1n) is 6.50. The molecule has 0 bridgehead atoms. The lowest BCUT2D eigenvalue weighted by Crippen LogP contribution is -2.17. The molecule has 2 aromatic rings. The van der Waals surface area contributed by atoms with Crippen LogP contribution in [0.3, 0.4) is 0 Å². The summed E-state index contributed by atoms with van der Waals surface area (Å²) in [5.41, 5.74) is 2.50. The van der Waals surface area contributed by atoms with Crippen LogP contribution in [-0.4, -0.2) is 11.5 Å². The van der Waals surface area contributed by atoms with E-state index in [2.05, 4.69) is 24.1 Å². The lowest BCUT2D eigenvalue weighted by atomic mass is 10.1. The second kappa shape index (κ2) is 5.80. The summed E-state index contributed by atoms with van der Waals surface area (Å²) in [6.45, 7) is 8.97. The van der Waals surface area contributed by atoms with Crippen molar-refractivity contribution in [2.75, 3.05) is 6.54 Å². The van der Waals surface area contributed by atoms with Crippen LogP contribution in [0, 0.1) is 19.7 Å². The molecule has 0 fully saturated rings. The Labute approximate surface area is 117 Å². The van der Waals surface area contributed by atoms with Crippen molar-refractivity contribution in [3.63, 3.8) is 0 Å². The summed E-state index contributed by atoms with van der Waals surface area (Å²) in [5, 5.41) is 4.13. The maximum atomic E-state index is 14.0. The minimum atomic E-state index is -0.198. The highest BCUT2D eigenvalue weighted by Crippen LogP contribution is 2.33. The molecule has 1 heterocycles. The summed E-state index contributed by atoms with van der Waals surface area (Å²) in [6.07, 6.45) is 0. The van der Waals surface area contributed by atoms with Crippen LogP contribution in [0.2, 0.25) is 0 Å². The molecule has 102 valence electrons. The maximum Gasteiger partial charge on any atom is 0.133 e. The molecule has 2 nitrogen and oxygen atoms in total. The zero-order valence-electron chi connectivity index (χ0n) is 11.7. The van der Waals surface area contributed by atoms with Crippen molar-refractivity contribution < 1.29 is 4.39 Å². The lowest BCUT2D eigenvalue weighted by molar-refractivity contribution is 0.603. The molecule has 0 aliphatic rings. The summed E-state index contributed by atoms with van der Waals surface area (Å²) >= 11 is 1.57.